The Morgan fingerprint density at radius 3 is 2.25 bits per heavy atom. The fraction of sp³-hybridized carbons (Fsp3) is 0.643. The highest BCUT2D eigenvalue weighted by molar-refractivity contribution is 6.06. The van der Waals surface area contributed by atoms with Gasteiger partial charge in [0.05, 0.1) is 6.61 Å². The summed E-state index contributed by atoms with van der Waals surface area (Å²) in [6.45, 7) is 2.81. The van der Waals surface area contributed by atoms with Crippen molar-refractivity contribution in [3.63, 3.8) is 0 Å². The number of hydrogen-bond donors (Lipinski definition) is 2. The molecule has 1 fully saturated rings. The number of hydrogen-bond acceptors (Lipinski definition) is 5. The number of carbonyl (C=O) groups excluding carboxylic acids is 4. The topological polar surface area (TPSA) is 105 Å². The molecule has 0 spiro atoms. The Morgan fingerprint density at radius 1 is 0.972 bits per heavy atom. The predicted molar refractivity (Wildman–Crippen MR) is 139 cm³/mol. The molecule has 8 nitrogen and oxygen atoms in total. The summed E-state index contributed by atoms with van der Waals surface area (Å²) >= 11 is 0. The van der Waals surface area contributed by atoms with Crippen LogP contribution in [-0.2, 0) is 20.9 Å². The molecule has 0 radical (unpaired) electrons. The Balaban J connectivity index is 1.32. The first-order chi connectivity index (χ1) is 17.5. The Bertz CT molecular complexity index is 916. The van der Waals surface area contributed by atoms with Crippen LogP contribution in [0.2, 0.25) is 0 Å². The zero-order chi connectivity index (χ0) is 25.8. The monoisotopic (exact) mass is 499 g/mol. The van der Waals surface area contributed by atoms with E-state index in [1.54, 1.807) is 18.2 Å². The first-order valence-corrected chi connectivity index (χ1v) is 13.7. The van der Waals surface area contributed by atoms with Crippen LogP contribution >= 0.6 is 0 Å². The van der Waals surface area contributed by atoms with Gasteiger partial charge in [0.2, 0.25) is 11.8 Å². The van der Waals surface area contributed by atoms with Gasteiger partial charge in [0.25, 0.3) is 5.91 Å². The van der Waals surface area contributed by atoms with E-state index in [0.29, 0.717) is 29.8 Å². The molecule has 4 amide bonds. The number of nitrogens with one attached hydrogen (secondary N) is 2. The van der Waals surface area contributed by atoms with E-state index in [4.69, 9.17) is 4.74 Å². The number of anilines is 1. The molecule has 8 heteroatoms. The fourth-order valence-electron chi connectivity index (χ4n) is 4.96. The van der Waals surface area contributed by atoms with Gasteiger partial charge < -0.3 is 9.64 Å². The lowest BCUT2D eigenvalue weighted by Crippen LogP contribution is -2.52. The van der Waals surface area contributed by atoms with Crippen LogP contribution in [0.5, 0.6) is 0 Å². The van der Waals surface area contributed by atoms with Crippen molar-refractivity contribution < 1.29 is 23.9 Å². The number of fused-ring (bicyclic) bond motifs is 1. The van der Waals surface area contributed by atoms with Gasteiger partial charge in [0.15, 0.2) is 0 Å². The third-order valence-corrected chi connectivity index (χ3v) is 7.05. The molecule has 1 saturated heterocycles. The standard InChI is InChI=1S/C28H41N3O5/c1-2-3-4-5-6-7-8-9-10-11-12-13-19-36-28(35)29-23-16-14-15-21-22(23)20-31(27(21)34)24-17-18-25(32)30-26(24)33/h14-16,24H,2-13,17-20H2,1H3,(H,29,35)(H,30,32,33). The Kier molecular flexibility index (Phi) is 11.2. The average Bonchev–Trinajstić information content (AvgIpc) is 3.19. The van der Waals surface area contributed by atoms with Crippen LogP contribution in [0.4, 0.5) is 10.5 Å². The van der Waals surface area contributed by atoms with Crippen LogP contribution in [0.1, 0.15) is 113 Å². The third kappa shape index (κ3) is 8.07. The number of nitrogens with zero attached hydrogens (tertiary/aromatic N) is 1. The molecule has 198 valence electrons. The van der Waals surface area contributed by atoms with Crippen LogP contribution in [-0.4, -0.2) is 41.4 Å². The molecule has 36 heavy (non-hydrogen) atoms. The predicted octanol–water partition coefficient (Wildman–Crippen LogP) is 5.70. The van der Waals surface area contributed by atoms with Crippen LogP contribution in [0.25, 0.3) is 0 Å². The SMILES string of the molecule is CCCCCCCCCCCCCCOC(=O)Nc1cccc2c1CN(C1CCC(=O)NC1=O)C2=O. The van der Waals surface area contributed by atoms with Crippen molar-refractivity contribution in [2.45, 2.75) is 109 Å². The summed E-state index contributed by atoms with van der Waals surface area (Å²) in [4.78, 5) is 50.4. The number of carbonyl (C=O) groups is 4. The lowest BCUT2D eigenvalue weighted by molar-refractivity contribution is -0.136. The molecule has 0 aromatic heterocycles. The van der Waals surface area contributed by atoms with E-state index in [0.717, 1.165) is 19.3 Å². The van der Waals surface area contributed by atoms with Crippen LogP contribution in [0, 0.1) is 0 Å². The largest absolute Gasteiger partial charge is 0.449 e. The molecule has 2 heterocycles. The molecule has 2 aliphatic rings. The van der Waals surface area contributed by atoms with E-state index < -0.39 is 18.0 Å². The molecule has 2 aliphatic heterocycles. The molecule has 1 aromatic rings. The number of imide groups is 1. The van der Waals surface area contributed by atoms with Crippen molar-refractivity contribution in [2.75, 3.05) is 11.9 Å². The van der Waals surface area contributed by atoms with Gasteiger partial charge >= 0.3 is 6.09 Å². The molecule has 1 atom stereocenters. The van der Waals surface area contributed by atoms with E-state index in [9.17, 15) is 19.2 Å². The molecule has 0 saturated carbocycles. The Morgan fingerprint density at radius 2 is 1.61 bits per heavy atom. The Labute approximate surface area is 214 Å². The minimum Gasteiger partial charge on any atom is -0.449 e. The zero-order valence-electron chi connectivity index (χ0n) is 21.6. The second kappa shape index (κ2) is 14.6. The summed E-state index contributed by atoms with van der Waals surface area (Å²) in [6.07, 6.45) is 14.9. The van der Waals surface area contributed by atoms with Crippen LogP contribution < -0.4 is 10.6 Å². The van der Waals surface area contributed by atoms with Gasteiger partial charge in [0, 0.05) is 29.8 Å². The summed E-state index contributed by atoms with van der Waals surface area (Å²) in [5.41, 5.74) is 1.63. The number of rotatable bonds is 15. The first kappa shape index (κ1) is 27.7. The van der Waals surface area contributed by atoms with Crippen LogP contribution in [0.3, 0.4) is 0 Å². The molecule has 3 rings (SSSR count). The van der Waals surface area contributed by atoms with E-state index >= 15 is 0 Å². The van der Waals surface area contributed by atoms with Crippen molar-refractivity contribution in [3.8, 4) is 0 Å². The first-order valence-electron chi connectivity index (χ1n) is 13.7. The van der Waals surface area contributed by atoms with Gasteiger partial charge in [-0.1, -0.05) is 83.6 Å². The smallest absolute Gasteiger partial charge is 0.411 e. The maximum Gasteiger partial charge on any atom is 0.411 e. The van der Waals surface area contributed by atoms with Gasteiger partial charge in [-0.15, -0.1) is 0 Å². The fourth-order valence-corrected chi connectivity index (χ4v) is 4.96. The lowest BCUT2D eigenvalue weighted by atomic mass is 10.0. The summed E-state index contributed by atoms with van der Waals surface area (Å²) in [6, 6.07) is 4.43. The van der Waals surface area contributed by atoms with Crippen molar-refractivity contribution in [1.82, 2.24) is 10.2 Å². The number of ether oxygens (including phenoxy) is 1. The van der Waals surface area contributed by atoms with Crippen molar-refractivity contribution in [1.29, 1.82) is 0 Å². The third-order valence-electron chi connectivity index (χ3n) is 7.05. The summed E-state index contributed by atoms with van der Waals surface area (Å²) in [7, 11) is 0. The number of amides is 4. The maximum atomic E-state index is 12.9. The lowest BCUT2D eigenvalue weighted by Gasteiger charge is -2.29. The highest BCUT2D eigenvalue weighted by Crippen LogP contribution is 2.32. The van der Waals surface area contributed by atoms with E-state index in [-0.39, 0.29) is 24.8 Å². The summed E-state index contributed by atoms with van der Waals surface area (Å²) in [5, 5.41) is 5.05. The number of unbranched alkanes of at least 4 members (excludes halogenated alkanes) is 11. The van der Waals surface area contributed by atoms with E-state index in [1.807, 2.05) is 0 Å². The van der Waals surface area contributed by atoms with Gasteiger partial charge in [-0.05, 0) is 25.0 Å². The quantitative estimate of drug-likeness (QED) is 0.238. The van der Waals surface area contributed by atoms with Gasteiger partial charge in [0.1, 0.15) is 6.04 Å². The maximum absolute atomic E-state index is 12.9. The minimum atomic E-state index is -0.687. The summed E-state index contributed by atoms with van der Waals surface area (Å²) < 4.78 is 5.35. The Hall–Kier alpha value is -2.90. The molecule has 0 bridgehead atoms. The van der Waals surface area contributed by atoms with Gasteiger partial charge in [-0.2, -0.15) is 0 Å². The average molecular weight is 500 g/mol. The van der Waals surface area contributed by atoms with Crippen molar-refractivity contribution in [2.24, 2.45) is 0 Å². The van der Waals surface area contributed by atoms with Gasteiger partial charge in [-0.25, -0.2) is 4.79 Å². The van der Waals surface area contributed by atoms with E-state index in [1.165, 1.54) is 62.7 Å². The number of benzene rings is 1. The number of piperidine rings is 1. The second-order valence-corrected chi connectivity index (χ2v) is 9.88. The van der Waals surface area contributed by atoms with Crippen LogP contribution in [0.15, 0.2) is 18.2 Å². The zero-order valence-corrected chi connectivity index (χ0v) is 21.6. The highest BCUT2D eigenvalue weighted by Gasteiger charge is 2.39. The molecular formula is C28H41N3O5. The molecular weight excluding hydrogens is 458 g/mol. The van der Waals surface area contributed by atoms with Gasteiger partial charge in [-0.3, -0.25) is 25.0 Å². The van der Waals surface area contributed by atoms with Crippen molar-refractivity contribution in [3.05, 3.63) is 29.3 Å². The molecule has 1 aromatic carbocycles. The van der Waals surface area contributed by atoms with E-state index in [2.05, 4.69) is 17.6 Å². The molecule has 2 N–H and O–H groups in total. The molecule has 0 aliphatic carbocycles. The summed E-state index contributed by atoms with van der Waals surface area (Å²) in [5.74, 6) is -1.05. The highest BCUT2D eigenvalue weighted by atomic mass is 16.5. The second-order valence-electron chi connectivity index (χ2n) is 9.88. The molecule has 1 unspecified atom stereocenters. The normalized spacial score (nSPS) is 17.2. The minimum absolute atomic E-state index is 0.201. The van der Waals surface area contributed by atoms with Crippen molar-refractivity contribution >= 4 is 29.5 Å².